The summed E-state index contributed by atoms with van der Waals surface area (Å²) in [4.78, 5) is 5.11. The molecule has 5 heteroatoms. The second-order valence-corrected chi connectivity index (χ2v) is 5.23. The number of thiocarbonyl (C=S) groups is 1. The fourth-order valence-electron chi connectivity index (χ4n) is 2.14. The fraction of sp³-hybridized carbons (Fsp3) is 0.500. The molecule has 2 rings (SSSR count). The average Bonchev–Trinajstić information content (AvgIpc) is 2.46. The number of ether oxygens (including phenoxy) is 1. The normalized spacial score (nSPS) is 16.3. The van der Waals surface area contributed by atoms with Crippen LogP contribution in [0, 0.1) is 0 Å². The molecule has 1 fully saturated rings. The molecule has 0 bridgehead atoms. The van der Waals surface area contributed by atoms with Crippen LogP contribution in [0.2, 0.25) is 0 Å². The molecule has 2 N–H and O–H groups in total. The molecular weight excluding hydrogens is 258 g/mol. The third-order valence-electron chi connectivity index (χ3n) is 3.43. The molecule has 1 aromatic rings. The van der Waals surface area contributed by atoms with Crippen LogP contribution in [0.25, 0.3) is 0 Å². The van der Waals surface area contributed by atoms with Gasteiger partial charge in [0, 0.05) is 44.5 Å². The zero-order chi connectivity index (χ0) is 13.7. The minimum Gasteiger partial charge on any atom is -0.389 e. The van der Waals surface area contributed by atoms with Gasteiger partial charge in [-0.25, -0.2) is 0 Å². The molecule has 4 nitrogen and oxygen atoms in total. The summed E-state index contributed by atoms with van der Waals surface area (Å²) in [5.41, 5.74) is 7.74. The van der Waals surface area contributed by atoms with Crippen molar-refractivity contribution in [1.82, 2.24) is 4.90 Å². The molecule has 0 aromatic heterocycles. The predicted octanol–water partition coefficient (Wildman–Crippen LogP) is 1.09. The van der Waals surface area contributed by atoms with Crippen LogP contribution in [0.3, 0.4) is 0 Å². The molecule has 0 amide bonds. The summed E-state index contributed by atoms with van der Waals surface area (Å²) in [6.07, 6.45) is 0. The van der Waals surface area contributed by atoms with E-state index in [0.717, 1.165) is 50.6 Å². The first-order valence-electron chi connectivity index (χ1n) is 6.58. The molecule has 1 heterocycles. The van der Waals surface area contributed by atoms with Crippen molar-refractivity contribution in [3.05, 3.63) is 29.8 Å². The van der Waals surface area contributed by atoms with Crippen LogP contribution in [0.5, 0.6) is 0 Å². The van der Waals surface area contributed by atoms with Crippen molar-refractivity contribution in [3.8, 4) is 0 Å². The van der Waals surface area contributed by atoms with Crippen LogP contribution in [0.1, 0.15) is 5.56 Å². The third-order valence-corrected chi connectivity index (χ3v) is 3.66. The van der Waals surface area contributed by atoms with Crippen molar-refractivity contribution in [2.24, 2.45) is 5.73 Å². The summed E-state index contributed by atoms with van der Waals surface area (Å²) in [5, 5.41) is 0. The Labute approximate surface area is 120 Å². The van der Waals surface area contributed by atoms with E-state index in [1.165, 1.54) is 0 Å². The Morgan fingerprint density at radius 1 is 1.42 bits per heavy atom. The Morgan fingerprint density at radius 2 is 2.16 bits per heavy atom. The molecule has 19 heavy (non-hydrogen) atoms. The maximum atomic E-state index is 5.66. The Hall–Kier alpha value is -1.17. The van der Waals surface area contributed by atoms with Gasteiger partial charge in [0.1, 0.15) is 4.99 Å². The molecular formula is C14H21N3OS. The third kappa shape index (κ3) is 4.16. The van der Waals surface area contributed by atoms with Crippen LogP contribution in [-0.2, 0) is 4.74 Å². The van der Waals surface area contributed by atoms with Gasteiger partial charge in [-0.2, -0.15) is 0 Å². The van der Waals surface area contributed by atoms with E-state index in [4.69, 9.17) is 22.7 Å². The Morgan fingerprint density at radius 3 is 2.84 bits per heavy atom. The standard InChI is InChI=1S/C14H21N3OS/c1-16(5-6-17-7-9-18-10-8-17)13-4-2-3-12(11-13)14(15)19/h2-4,11H,5-10H2,1H3,(H2,15,19). The number of hydrogen-bond donors (Lipinski definition) is 1. The molecule has 0 aliphatic carbocycles. The molecule has 0 radical (unpaired) electrons. The smallest absolute Gasteiger partial charge is 0.104 e. The van der Waals surface area contributed by atoms with E-state index in [9.17, 15) is 0 Å². The summed E-state index contributed by atoms with van der Waals surface area (Å²) in [6.45, 7) is 5.79. The summed E-state index contributed by atoms with van der Waals surface area (Å²) >= 11 is 5.01. The predicted molar refractivity (Wildman–Crippen MR) is 82.9 cm³/mol. The van der Waals surface area contributed by atoms with Crippen molar-refractivity contribution < 1.29 is 4.74 Å². The minimum atomic E-state index is 0.448. The SMILES string of the molecule is CN(CCN1CCOCC1)c1cccc(C(N)=S)c1. The van der Waals surface area contributed by atoms with Crippen molar-refractivity contribution in [2.45, 2.75) is 0 Å². The quantitative estimate of drug-likeness (QED) is 0.817. The maximum Gasteiger partial charge on any atom is 0.104 e. The molecule has 0 unspecified atom stereocenters. The minimum absolute atomic E-state index is 0.448. The van der Waals surface area contributed by atoms with Gasteiger partial charge in [-0.15, -0.1) is 0 Å². The Bertz CT molecular complexity index is 432. The monoisotopic (exact) mass is 279 g/mol. The number of anilines is 1. The first kappa shape index (κ1) is 14.2. The highest BCUT2D eigenvalue weighted by molar-refractivity contribution is 7.80. The zero-order valence-corrected chi connectivity index (χ0v) is 12.2. The summed E-state index contributed by atoms with van der Waals surface area (Å²) in [6, 6.07) is 8.07. The highest BCUT2D eigenvalue weighted by atomic mass is 32.1. The summed E-state index contributed by atoms with van der Waals surface area (Å²) in [5.74, 6) is 0. The van der Waals surface area contributed by atoms with Gasteiger partial charge in [0.2, 0.25) is 0 Å². The maximum absolute atomic E-state index is 5.66. The van der Waals surface area contributed by atoms with Crippen molar-refractivity contribution >= 4 is 22.9 Å². The molecule has 0 saturated carbocycles. The number of nitrogens with zero attached hydrogens (tertiary/aromatic N) is 2. The Balaban J connectivity index is 1.89. The lowest BCUT2D eigenvalue weighted by atomic mass is 10.2. The van der Waals surface area contributed by atoms with Crippen LogP contribution < -0.4 is 10.6 Å². The van der Waals surface area contributed by atoms with E-state index < -0.39 is 0 Å². The topological polar surface area (TPSA) is 41.7 Å². The molecule has 0 atom stereocenters. The first-order valence-corrected chi connectivity index (χ1v) is 6.99. The molecule has 1 aliphatic heterocycles. The van der Waals surface area contributed by atoms with Crippen LogP contribution in [-0.4, -0.2) is 56.3 Å². The van der Waals surface area contributed by atoms with Crippen LogP contribution in [0.4, 0.5) is 5.69 Å². The number of rotatable bonds is 5. The molecule has 104 valence electrons. The summed E-state index contributed by atoms with van der Waals surface area (Å²) < 4.78 is 5.35. The van der Waals surface area contributed by atoms with E-state index in [0.29, 0.717) is 4.99 Å². The lowest BCUT2D eigenvalue weighted by Gasteiger charge is -2.29. The second kappa shape index (κ2) is 6.84. The highest BCUT2D eigenvalue weighted by Gasteiger charge is 2.11. The average molecular weight is 279 g/mol. The van der Waals surface area contributed by atoms with Gasteiger partial charge < -0.3 is 15.4 Å². The van der Waals surface area contributed by atoms with Gasteiger partial charge in [0.05, 0.1) is 13.2 Å². The van der Waals surface area contributed by atoms with E-state index in [1.807, 2.05) is 18.2 Å². The van der Waals surface area contributed by atoms with Crippen LogP contribution >= 0.6 is 12.2 Å². The van der Waals surface area contributed by atoms with Gasteiger partial charge in [0.25, 0.3) is 0 Å². The van der Waals surface area contributed by atoms with E-state index in [1.54, 1.807) is 0 Å². The molecule has 1 aliphatic rings. The summed E-state index contributed by atoms with van der Waals surface area (Å²) in [7, 11) is 2.10. The van der Waals surface area contributed by atoms with Crippen molar-refractivity contribution in [3.63, 3.8) is 0 Å². The van der Waals surface area contributed by atoms with E-state index in [-0.39, 0.29) is 0 Å². The number of hydrogen-bond acceptors (Lipinski definition) is 4. The molecule has 0 spiro atoms. The first-order chi connectivity index (χ1) is 9.16. The zero-order valence-electron chi connectivity index (χ0n) is 11.3. The fourth-order valence-corrected chi connectivity index (χ4v) is 2.27. The number of benzene rings is 1. The highest BCUT2D eigenvalue weighted by Crippen LogP contribution is 2.14. The number of morpholine rings is 1. The van der Waals surface area contributed by atoms with E-state index >= 15 is 0 Å². The van der Waals surface area contributed by atoms with Gasteiger partial charge in [-0.1, -0.05) is 24.4 Å². The second-order valence-electron chi connectivity index (χ2n) is 4.79. The lowest BCUT2D eigenvalue weighted by Crippen LogP contribution is -2.40. The van der Waals surface area contributed by atoms with Gasteiger partial charge in [-0.05, 0) is 12.1 Å². The number of likely N-dealkylation sites (N-methyl/N-ethyl adjacent to an activating group) is 1. The largest absolute Gasteiger partial charge is 0.389 e. The lowest BCUT2D eigenvalue weighted by molar-refractivity contribution is 0.0393. The van der Waals surface area contributed by atoms with Crippen molar-refractivity contribution in [1.29, 1.82) is 0 Å². The molecule has 1 saturated heterocycles. The van der Waals surface area contributed by atoms with E-state index in [2.05, 4.69) is 22.9 Å². The molecule has 1 aromatic carbocycles. The van der Waals surface area contributed by atoms with Crippen molar-refractivity contribution in [2.75, 3.05) is 51.3 Å². The van der Waals surface area contributed by atoms with Gasteiger partial charge in [0.15, 0.2) is 0 Å². The van der Waals surface area contributed by atoms with Gasteiger partial charge in [-0.3, -0.25) is 4.90 Å². The number of nitrogens with two attached hydrogens (primary N) is 1. The Kier molecular flexibility index (Phi) is 5.13. The van der Waals surface area contributed by atoms with Gasteiger partial charge >= 0.3 is 0 Å². The van der Waals surface area contributed by atoms with Crippen LogP contribution in [0.15, 0.2) is 24.3 Å².